The number of carboxylic acids is 1. The fraction of sp³-hybridized carbons (Fsp3) is 0.138. The van der Waals surface area contributed by atoms with Crippen LogP contribution in [0.1, 0.15) is 36.6 Å². The number of pyridine rings is 1. The Kier molecular flexibility index (Phi) is 9.65. The number of ether oxygens (including phenoxy) is 1. The van der Waals surface area contributed by atoms with Crippen molar-refractivity contribution in [2.75, 3.05) is 0 Å². The van der Waals surface area contributed by atoms with E-state index in [4.69, 9.17) is 37.6 Å². The van der Waals surface area contributed by atoms with Crippen LogP contribution in [0.15, 0.2) is 77.3 Å². The molecule has 1 N–H and O–H groups in total. The van der Waals surface area contributed by atoms with Gasteiger partial charge in [-0.1, -0.05) is 65.6 Å². The number of halogens is 2. The third-order valence-electron chi connectivity index (χ3n) is 6.03. The second-order valence-corrected chi connectivity index (χ2v) is 9.32. The number of hydrogen-bond acceptors (Lipinski definition) is 5. The Balaban J connectivity index is 0.00000210. The van der Waals surface area contributed by atoms with E-state index in [1.54, 1.807) is 24.3 Å². The van der Waals surface area contributed by atoms with Crippen LogP contribution in [0, 0.1) is 0 Å². The predicted octanol–water partition coefficient (Wildman–Crippen LogP) is 5.21. The molecule has 0 bridgehead atoms. The van der Waals surface area contributed by atoms with Crippen molar-refractivity contribution >= 4 is 40.1 Å². The minimum atomic E-state index is -1.04. The van der Waals surface area contributed by atoms with Crippen LogP contribution in [0.25, 0.3) is 33.3 Å². The van der Waals surface area contributed by atoms with Gasteiger partial charge in [-0.3, -0.25) is 0 Å². The van der Waals surface area contributed by atoms with Crippen LogP contribution in [-0.2, 0) is 13.0 Å². The van der Waals surface area contributed by atoms with Gasteiger partial charge in [-0.05, 0) is 60.0 Å². The van der Waals surface area contributed by atoms with Gasteiger partial charge in [0.2, 0.25) is 0 Å². The Labute approximate surface area is 273 Å². The van der Waals surface area contributed by atoms with E-state index >= 15 is 0 Å². The van der Waals surface area contributed by atoms with Crippen LogP contribution in [0.2, 0.25) is 10.0 Å². The molecule has 0 aliphatic rings. The number of carboxylic acid groups (broad SMARTS) is 1. The van der Waals surface area contributed by atoms with Gasteiger partial charge < -0.3 is 15.8 Å². The van der Waals surface area contributed by atoms with Gasteiger partial charge in [-0.15, -0.1) is 0 Å². The summed E-state index contributed by atoms with van der Waals surface area (Å²) in [6.07, 6.45) is 1.61. The molecule has 0 radical (unpaired) electrons. The molecule has 0 saturated carbocycles. The van der Waals surface area contributed by atoms with Crippen LogP contribution >= 0.6 is 23.2 Å². The summed E-state index contributed by atoms with van der Waals surface area (Å²) in [7, 11) is 0. The molecule has 0 aliphatic carbocycles. The summed E-state index contributed by atoms with van der Waals surface area (Å²) in [6.45, 7) is 2.32. The number of rotatable bonds is 8. The molecule has 188 valence electrons. The van der Waals surface area contributed by atoms with Crippen molar-refractivity contribution in [1.29, 1.82) is 0 Å². The zero-order valence-electron chi connectivity index (χ0n) is 21.9. The number of fused-ring (bicyclic) bond motifs is 1. The normalized spacial score (nSPS) is 10.8. The zero-order valence-corrected chi connectivity index (χ0v) is 25.5. The zero-order chi connectivity index (χ0) is 25.9. The van der Waals surface area contributed by atoms with Crippen molar-refractivity contribution in [3.8, 4) is 28.1 Å². The van der Waals surface area contributed by atoms with Gasteiger partial charge in [0.05, 0.1) is 21.1 Å². The smallest absolute Gasteiger partial charge is 1.00 e. The topological polar surface area (TPSA) is 85.5 Å². The molecule has 0 amide bonds. The maximum absolute atomic E-state index is 11.2. The monoisotopic (exact) mass is 572 g/mol. The Hall–Kier alpha value is -2.23. The first kappa shape index (κ1) is 28.8. The van der Waals surface area contributed by atoms with E-state index in [1.807, 2.05) is 42.5 Å². The second kappa shape index (κ2) is 12.7. The minimum absolute atomic E-state index is 0. The van der Waals surface area contributed by atoms with Crippen molar-refractivity contribution in [3.05, 3.63) is 99.9 Å². The first-order valence-corrected chi connectivity index (χ1v) is 12.5. The van der Waals surface area contributed by atoms with Crippen LogP contribution in [0.5, 0.6) is 5.75 Å². The SMILES string of the molecule is CCCc1onc(-c2c(Cl)cccc2Cl)c1COc1ccc(-c2ccc3nc(C(=O)O)ccc3c2)cc1.[H-].[K+]. The van der Waals surface area contributed by atoms with E-state index in [2.05, 4.69) is 17.1 Å². The molecule has 6 nitrogen and oxygen atoms in total. The Morgan fingerprint density at radius 3 is 2.39 bits per heavy atom. The third-order valence-corrected chi connectivity index (χ3v) is 6.66. The van der Waals surface area contributed by atoms with Crippen molar-refractivity contribution in [1.82, 2.24) is 10.1 Å². The minimum Gasteiger partial charge on any atom is -1.00 e. The molecule has 0 unspecified atom stereocenters. The fourth-order valence-corrected chi connectivity index (χ4v) is 4.74. The van der Waals surface area contributed by atoms with Gasteiger partial charge in [0.15, 0.2) is 0 Å². The molecule has 9 heteroatoms. The number of nitrogens with zero attached hydrogens (tertiary/aromatic N) is 2. The van der Waals surface area contributed by atoms with E-state index in [0.717, 1.165) is 40.7 Å². The van der Waals surface area contributed by atoms with E-state index in [0.29, 0.717) is 32.6 Å². The molecule has 2 heterocycles. The summed E-state index contributed by atoms with van der Waals surface area (Å²) in [5.41, 5.74) is 4.69. The van der Waals surface area contributed by atoms with Crippen molar-refractivity contribution in [2.24, 2.45) is 0 Å². The summed E-state index contributed by atoms with van der Waals surface area (Å²) in [4.78, 5) is 15.4. The molecule has 0 spiro atoms. The molecule has 0 saturated heterocycles. The van der Waals surface area contributed by atoms with Gasteiger partial charge in [0.1, 0.15) is 29.5 Å². The van der Waals surface area contributed by atoms with Crippen LogP contribution in [-0.4, -0.2) is 21.2 Å². The van der Waals surface area contributed by atoms with E-state index in [1.165, 1.54) is 6.07 Å². The number of carbonyl (C=O) groups is 1. The molecule has 0 aliphatic heterocycles. The molecule has 0 fully saturated rings. The first-order valence-electron chi connectivity index (χ1n) is 11.7. The van der Waals surface area contributed by atoms with Gasteiger partial charge in [-0.25, -0.2) is 9.78 Å². The number of aromatic carboxylic acids is 1. The molecule has 3 aromatic carbocycles. The van der Waals surface area contributed by atoms with Crippen molar-refractivity contribution < 1.29 is 72.0 Å². The average molecular weight is 574 g/mol. The van der Waals surface area contributed by atoms with Crippen LogP contribution in [0.3, 0.4) is 0 Å². The Morgan fingerprint density at radius 2 is 1.71 bits per heavy atom. The third kappa shape index (κ3) is 6.15. The van der Waals surface area contributed by atoms with Gasteiger partial charge in [0.25, 0.3) is 0 Å². The Bertz CT molecular complexity index is 1590. The van der Waals surface area contributed by atoms with E-state index in [9.17, 15) is 4.79 Å². The molecule has 0 atom stereocenters. The summed E-state index contributed by atoms with van der Waals surface area (Å²) in [6, 6.07) is 22.1. The summed E-state index contributed by atoms with van der Waals surface area (Å²) >= 11 is 12.9. The van der Waals surface area contributed by atoms with Gasteiger partial charge in [0, 0.05) is 17.4 Å². The average Bonchev–Trinajstić information content (AvgIpc) is 3.29. The van der Waals surface area contributed by atoms with Crippen molar-refractivity contribution in [3.63, 3.8) is 0 Å². The predicted molar refractivity (Wildman–Crippen MR) is 146 cm³/mol. The molecule has 5 rings (SSSR count). The number of aryl methyl sites for hydroxylation is 1. The molecular weight excluding hydrogens is 550 g/mol. The van der Waals surface area contributed by atoms with E-state index < -0.39 is 5.97 Å². The number of hydrogen-bond donors (Lipinski definition) is 1. The standard InChI is InChI=1S/C29H22Cl2N2O4.K.H/c1-2-4-26-21(28(33-37-26)27-22(30)5-3-6-23(27)31)16-36-20-11-7-17(8-12-20)18-9-13-24-19(15-18)10-14-25(32-24)29(34)35;;/h3,5-15H,2,4,16H2,1H3,(H,34,35);;/q;+1;-1. The van der Waals surface area contributed by atoms with Gasteiger partial charge in [-0.2, -0.15) is 0 Å². The fourth-order valence-electron chi connectivity index (χ4n) is 4.16. The van der Waals surface area contributed by atoms with Crippen LogP contribution < -0.4 is 56.1 Å². The Morgan fingerprint density at radius 1 is 1.00 bits per heavy atom. The summed E-state index contributed by atoms with van der Waals surface area (Å²) in [5.74, 6) is 0.398. The number of benzene rings is 3. The molecule has 38 heavy (non-hydrogen) atoms. The van der Waals surface area contributed by atoms with Crippen molar-refractivity contribution in [2.45, 2.75) is 26.4 Å². The van der Waals surface area contributed by atoms with E-state index in [-0.39, 0.29) is 65.1 Å². The molecule has 2 aromatic heterocycles. The first-order chi connectivity index (χ1) is 17.9. The maximum Gasteiger partial charge on any atom is 1.00 e. The molecule has 5 aromatic rings. The van der Waals surface area contributed by atoms with Gasteiger partial charge >= 0.3 is 57.4 Å². The number of aromatic nitrogens is 2. The van der Waals surface area contributed by atoms with Crippen LogP contribution in [0.4, 0.5) is 0 Å². The largest absolute Gasteiger partial charge is 1.00 e. The second-order valence-electron chi connectivity index (χ2n) is 8.50. The quantitative estimate of drug-likeness (QED) is 0.257. The molecular formula is C29H23Cl2KN2O4. The summed E-state index contributed by atoms with van der Waals surface area (Å²) < 4.78 is 11.8. The summed E-state index contributed by atoms with van der Waals surface area (Å²) in [5, 5.41) is 15.3. The maximum atomic E-state index is 11.2.